The Morgan fingerprint density at radius 2 is 2.00 bits per heavy atom. The minimum absolute atomic E-state index is 0.0532. The van der Waals surface area contributed by atoms with Crippen molar-refractivity contribution in [1.82, 2.24) is 0 Å². The van der Waals surface area contributed by atoms with Gasteiger partial charge in [-0.05, 0) is 23.8 Å². The van der Waals surface area contributed by atoms with Crippen molar-refractivity contribution in [2.45, 2.75) is 6.42 Å². The quantitative estimate of drug-likeness (QED) is 0.743. The number of carboxylic acid groups (broad SMARTS) is 1. The van der Waals surface area contributed by atoms with E-state index in [4.69, 9.17) is 21.8 Å². The van der Waals surface area contributed by atoms with Gasteiger partial charge >= 0.3 is 5.97 Å². The monoisotopic (exact) mass is 214 g/mol. The normalized spacial score (nSPS) is 9.79. The Morgan fingerprint density at radius 1 is 1.36 bits per heavy atom. The van der Waals surface area contributed by atoms with Crippen molar-refractivity contribution in [3.63, 3.8) is 0 Å². The molecular weight excluding hydrogens is 208 g/mol. The molecule has 1 aromatic rings. The van der Waals surface area contributed by atoms with Gasteiger partial charge in [0, 0.05) is 11.4 Å². The highest BCUT2D eigenvalue weighted by Gasteiger charge is 2.14. The molecule has 0 unspecified atom stereocenters. The summed E-state index contributed by atoms with van der Waals surface area (Å²) >= 11 is 5.69. The molecule has 0 bridgehead atoms. The van der Waals surface area contributed by atoms with Gasteiger partial charge in [-0.1, -0.05) is 11.6 Å². The smallest absolute Gasteiger partial charge is 0.372 e. The standard InChI is InChI=1S/C9H7ClO4/c10-7-2-1-6(11)3-5(7)4-8(12)9(13)14/h1-3,11H,4H2,(H,13,14). The van der Waals surface area contributed by atoms with E-state index in [1.807, 2.05) is 0 Å². The van der Waals surface area contributed by atoms with Crippen LogP contribution in [0.2, 0.25) is 5.02 Å². The zero-order valence-electron chi connectivity index (χ0n) is 7.03. The lowest BCUT2D eigenvalue weighted by atomic mass is 10.1. The average Bonchev–Trinajstić information content (AvgIpc) is 2.11. The Morgan fingerprint density at radius 3 is 2.57 bits per heavy atom. The van der Waals surface area contributed by atoms with Gasteiger partial charge in [-0.15, -0.1) is 0 Å². The molecule has 0 saturated carbocycles. The Hall–Kier alpha value is -1.55. The van der Waals surface area contributed by atoms with Crippen molar-refractivity contribution >= 4 is 23.4 Å². The number of aromatic hydroxyl groups is 1. The van der Waals surface area contributed by atoms with Crippen LogP contribution in [0.25, 0.3) is 0 Å². The number of hydrogen-bond acceptors (Lipinski definition) is 3. The third-order valence-electron chi connectivity index (χ3n) is 1.62. The number of rotatable bonds is 3. The molecule has 0 aromatic heterocycles. The molecule has 74 valence electrons. The fraction of sp³-hybridized carbons (Fsp3) is 0.111. The van der Waals surface area contributed by atoms with Crippen LogP contribution in [0, 0.1) is 0 Å². The van der Waals surface area contributed by atoms with E-state index >= 15 is 0 Å². The van der Waals surface area contributed by atoms with Gasteiger partial charge in [0.1, 0.15) is 5.75 Å². The van der Waals surface area contributed by atoms with Crippen molar-refractivity contribution in [2.75, 3.05) is 0 Å². The highest BCUT2D eigenvalue weighted by atomic mass is 35.5. The molecule has 0 spiro atoms. The summed E-state index contributed by atoms with van der Waals surface area (Å²) in [5.41, 5.74) is 0.305. The maximum atomic E-state index is 10.8. The lowest BCUT2D eigenvalue weighted by Gasteiger charge is -2.01. The summed E-state index contributed by atoms with van der Waals surface area (Å²) in [6.45, 7) is 0. The van der Waals surface area contributed by atoms with Crippen LogP contribution in [0.5, 0.6) is 5.75 Å². The van der Waals surface area contributed by atoms with Gasteiger partial charge in [0.05, 0.1) is 0 Å². The van der Waals surface area contributed by atoms with Gasteiger partial charge in [-0.2, -0.15) is 0 Å². The third kappa shape index (κ3) is 2.47. The van der Waals surface area contributed by atoms with Gasteiger partial charge in [0.2, 0.25) is 5.78 Å². The molecule has 0 saturated heterocycles. The molecule has 0 radical (unpaired) electrons. The molecule has 0 aliphatic rings. The van der Waals surface area contributed by atoms with Crippen LogP contribution in [0.4, 0.5) is 0 Å². The second-order valence-electron chi connectivity index (χ2n) is 2.68. The van der Waals surface area contributed by atoms with E-state index < -0.39 is 11.8 Å². The molecule has 0 atom stereocenters. The van der Waals surface area contributed by atoms with E-state index in [1.165, 1.54) is 18.2 Å². The van der Waals surface area contributed by atoms with E-state index in [0.717, 1.165) is 0 Å². The Bertz CT molecular complexity index is 386. The van der Waals surface area contributed by atoms with Gasteiger partial charge in [0.25, 0.3) is 0 Å². The summed E-state index contributed by atoms with van der Waals surface area (Å²) in [6, 6.07) is 4.03. The van der Waals surface area contributed by atoms with Crippen molar-refractivity contribution in [1.29, 1.82) is 0 Å². The van der Waals surface area contributed by atoms with Gasteiger partial charge < -0.3 is 10.2 Å². The van der Waals surface area contributed by atoms with Crippen molar-refractivity contribution in [2.24, 2.45) is 0 Å². The lowest BCUT2D eigenvalue weighted by Crippen LogP contribution is -2.15. The molecule has 5 heteroatoms. The predicted molar refractivity (Wildman–Crippen MR) is 49.5 cm³/mol. The summed E-state index contributed by atoms with van der Waals surface area (Å²) < 4.78 is 0. The highest BCUT2D eigenvalue weighted by molar-refractivity contribution is 6.35. The zero-order valence-corrected chi connectivity index (χ0v) is 7.78. The molecule has 1 aromatic carbocycles. The van der Waals surface area contributed by atoms with Crippen LogP contribution in [-0.2, 0) is 16.0 Å². The van der Waals surface area contributed by atoms with Crippen LogP contribution in [0.3, 0.4) is 0 Å². The molecule has 14 heavy (non-hydrogen) atoms. The highest BCUT2D eigenvalue weighted by Crippen LogP contribution is 2.21. The molecule has 2 N–H and O–H groups in total. The number of phenols is 1. The largest absolute Gasteiger partial charge is 0.508 e. The summed E-state index contributed by atoms with van der Waals surface area (Å²) in [4.78, 5) is 21.1. The maximum Gasteiger partial charge on any atom is 0.372 e. The third-order valence-corrected chi connectivity index (χ3v) is 1.99. The number of aliphatic carboxylic acids is 1. The van der Waals surface area contributed by atoms with Gasteiger partial charge in [0.15, 0.2) is 0 Å². The van der Waals surface area contributed by atoms with Gasteiger partial charge in [-0.3, -0.25) is 4.79 Å². The summed E-state index contributed by atoms with van der Waals surface area (Å²) in [5, 5.41) is 17.7. The van der Waals surface area contributed by atoms with E-state index in [-0.39, 0.29) is 17.2 Å². The molecule has 0 aliphatic heterocycles. The molecule has 4 nitrogen and oxygen atoms in total. The average molecular weight is 215 g/mol. The van der Waals surface area contributed by atoms with E-state index in [2.05, 4.69) is 0 Å². The molecule has 0 amide bonds. The topological polar surface area (TPSA) is 74.6 Å². The van der Waals surface area contributed by atoms with E-state index in [9.17, 15) is 9.59 Å². The Kier molecular flexibility index (Phi) is 3.09. The summed E-state index contributed by atoms with van der Waals surface area (Å²) in [5.74, 6) is -2.52. The maximum absolute atomic E-state index is 10.8. The number of ketones is 1. The number of carboxylic acids is 1. The number of carbonyl (C=O) groups excluding carboxylic acids is 1. The first kappa shape index (κ1) is 10.5. The van der Waals surface area contributed by atoms with Crippen molar-refractivity contribution in [3.05, 3.63) is 28.8 Å². The van der Waals surface area contributed by atoms with Crippen molar-refractivity contribution < 1.29 is 19.8 Å². The fourth-order valence-electron chi connectivity index (χ4n) is 0.945. The lowest BCUT2D eigenvalue weighted by molar-refractivity contribution is -0.148. The zero-order chi connectivity index (χ0) is 10.7. The Labute approximate surface area is 84.7 Å². The number of benzene rings is 1. The molecule has 0 aliphatic carbocycles. The van der Waals surface area contributed by atoms with Crippen LogP contribution < -0.4 is 0 Å². The van der Waals surface area contributed by atoms with Crippen LogP contribution in [-0.4, -0.2) is 22.0 Å². The molecule has 0 fully saturated rings. The van der Waals surface area contributed by atoms with Crippen LogP contribution in [0.15, 0.2) is 18.2 Å². The van der Waals surface area contributed by atoms with Crippen molar-refractivity contribution in [3.8, 4) is 5.75 Å². The van der Waals surface area contributed by atoms with Crippen LogP contribution >= 0.6 is 11.6 Å². The van der Waals surface area contributed by atoms with E-state index in [0.29, 0.717) is 5.56 Å². The molecule has 1 rings (SSSR count). The SMILES string of the molecule is O=C(O)C(=O)Cc1cc(O)ccc1Cl. The van der Waals surface area contributed by atoms with Gasteiger partial charge in [-0.25, -0.2) is 4.79 Å². The first-order valence-electron chi connectivity index (χ1n) is 3.74. The van der Waals surface area contributed by atoms with E-state index in [1.54, 1.807) is 0 Å². The van der Waals surface area contributed by atoms with Crippen LogP contribution in [0.1, 0.15) is 5.56 Å². The Balaban J connectivity index is 2.91. The minimum atomic E-state index is -1.51. The first-order chi connectivity index (χ1) is 6.50. The summed E-state index contributed by atoms with van der Waals surface area (Å²) in [6.07, 6.45) is -0.317. The fourth-order valence-corrected chi connectivity index (χ4v) is 1.13. The molecular formula is C9H7ClO4. The number of hydrogen-bond donors (Lipinski definition) is 2. The summed E-state index contributed by atoms with van der Waals surface area (Å²) in [7, 11) is 0. The number of phenolic OH excluding ortho intramolecular Hbond substituents is 1. The molecule has 0 heterocycles. The minimum Gasteiger partial charge on any atom is -0.508 e. The number of halogens is 1. The number of Topliss-reactive ketones (excluding diaryl/α,β-unsaturated/α-hetero) is 1. The predicted octanol–water partition coefficient (Wildman–Crippen LogP) is 1.24. The first-order valence-corrected chi connectivity index (χ1v) is 4.12. The second kappa shape index (κ2) is 4.11. The number of carbonyl (C=O) groups is 2. The second-order valence-corrected chi connectivity index (χ2v) is 3.09.